The smallest absolute Gasteiger partial charge is 0.228 e. The summed E-state index contributed by atoms with van der Waals surface area (Å²) in [6.07, 6.45) is 0.249. The molecule has 8 nitrogen and oxygen atoms in total. The molecule has 3 aliphatic rings. The number of fused-ring (bicyclic) bond motifs is 2. The van der Waals surface area contributed by atoms with E-state index in [9.17, 15) is 9.59 Å². The molecule has 3 aliphatic heterocycles. The van der Waals surface area contributed by atoms with Gasteiger partial charge >= 0.3 is 0 Å². The number of carbonyl (C=O) groups is 2. The van der Waals surface area contributed by atoms with Crippen LogP contribution in [-0.4, -0.2) is 72.5 Å². The first-order chi connectivity index (χ1) is 16.6. The quantitative estimate of drug-likeness (QED) is 0.574. The van der Waals surface area contributed by atoms with Gasteiger partial charge in [-0.2, -0.15) is 0 Å². The minimum Gasteiger partial charge on any atom is -0.486 e. The molecule has 1 aromatic heterocycles. The Balaban J connectivity index is 1.05. The van der Waals surface area contributed by atoms with Crippen molar-refractivity contribution in [2.24, 2.45) is 5.92 Å². The third kappa shape index (κ3) is 4.10. The van der Waals surface area contributed by atoms with Gasteiger partial charge in [-0.05, 0) is 24.3 Å². The Kier molecular flexibility index (Phi) is 5.58. The number of hydrogen-bond acceptors (Lipinski definition) is 7. The van der Waals surface area contributed by atoms with Crippen molar-refractivity contribution in [2.75, 3.05) is 50.8 Å². The molecule has 0 bridgehead atoms. The van der Waals surface area contributed by atoms with Crippen LogP contribution in [0.1, 0.15) is 11.4 Å². The molecule has 9 heteroatoms. The van der Waals surface area contributed by atoms with Gasteiger partial charge in [-0.1, -0.05) is 12.1 Å². The van der Waals surface area contributed by atoms with Gasteiger partial charge < -0.3 is 19.3 Å². The molecule has 2 aromatic carbocycles. The van der Waals surface area contributed by atoms with Gasteiger partial charge in [0.1, 0.15) is 18.2 Å². The average molecular weight is 479 g/mol. The highest BCUT2D eigenvalue weighted by Gasteiger charge is 2.38. The Hall–Kier alpha value is -3.17. The van der Waals surface area contributed by atoms with Crippen LogP contribution >= 0.6 is 11.3 Å². The van der Waals surface area contributed by atoms with Crippen molar-refractivity contribution in [1.82, 2.24) is 14.8 Å². The number of benzene rings is 2. The standard InChI is InChI=1S/C25H26N4O4S/c30-24-13-17(15-29(24)18-5-6-20-21(14-18)33-12-11-32-20)25(31)28-9-7-27(8-10-28)16-23-26-19-3-1-2-4-22(19)34-23/h1-6,14,17H,7-13,15-16H2/t17-/m0/s1. The molecule has 0 saturated carbocycles. The van der Waals surface area contributed by atoms with Crippen molar-refractivity contribution >= 4 is 39.1 Å². The van der Waals surface area contributed by atoms with Crippen LogP contribution in [0.2, 0.25) is 0 Å². The maximum atomic E-state index is 13.2. The van der Waals surface area contributed by atoms with Crippen LogP contribution in [0.25, 0.3) is 10.2 Å². The summed E-state index contributed by atoms with van der Waals surface area (Å²) in [6, 6.07) is 13.7. The van der Waals surface area contributed by atoms with Crippen molar-refractivity contribution in [1.29, 1.82) is 0 Å². The van der Waals surface area contributed by atoms with Gasteiger partial charge in [0, 0.05) is 50.9 Å². The summed E-state index contributed by atoms with van der Waals surface area (Å²) < 4.78 is 12.4. The highest BCUT2D eigenvalue weighted by atomic mass is 32.1. The van der Waals surface area contributed by atoms with Gasteiger partial charge in [0.05, 0.1) is 22.7 Å². The molecule has 34 heavy (non-hydrogen) atoms. The Morgan fingerprint density at radius 1 is 1.03 bits per heavy atom. The first-order valence-electron chi connectivity index (χ1n) is 11.7. The van der Waals surface area contributed by atoms with Crippen molar-refractivity contribution in [3.63, 3.8) is 0 Å². The van der Waals surface area contributed by atoms with Crippen molar-refractivity contribution in [3.8, 4) is 11.5 Å². The maximum absolute atomic E-state index is 13.2. The molecule has 176 valence electrons. The second-order valence-corrected chi connectivity index (χ2v) is 10.0. The third-order valence-corrected chi connectivity index (χ3v) is 7.71. The number of carbonyl (C=O) groups excluding carboxylic acids is 2. The van der Waals surface area contributed by atoms with Crippen LogP contribution in [0.4, 0.5) is 5.69 Å². The Morgan fingerprint density at radius 3 is 2.65 bits per heavy atom. The summed E-state index contributed by atoms with van der Waals surface area (Å²) in [5, 5.41) is 1.11. The van der Waals surface area contributed by atoms with E-state index >= 15 is 0 Å². The molecule has 4 heterocycles. The third-order valence-electron chi connectivity index (χ3n) is 6.69. The largest absolute Gasteiger partial charge is 0.486 e. The Labute approximate surface area is 201 Å². The fourth-order valence-electron chi connectivity index (χ4n) is 4.89. The summed E-state index contributed by atoms with van der Waals surface area (Å²) in [6.45, 7) is 5.22. The van der Waals surface area contributed by atoms with E-state index in [0.717, 1.165) is 35.8 Å². The number of hydrogen-bond donors (Lipinski definition) is 0. The van der Waals surface area contributed by atoms with E-state index in [2.05, 4.69) is 11.0 Å². The number of anilines is 1. The van der Waals surface area contributed by atoms with Gasteiger partial charge in [0.25, 0.3) is 0 Å². The first kappa shape index (κ1) is 21.4. The lowest BCUT2D eigenvalue weighted by Gasteiger charge is -2.35. The van der Waals surface area contributed by atoms with Gasteiger partial charge in [-0.15, -0.1) is 11.3 Å². The molecule has 2 fully saturated rings. The monoisotopic (exact) mass is 478 g/mol. The van der Waals surface area contributed by atoms with E-state index in [4.69, 9.17) is 14.5 Å². The predicted octanol–water partition coefficient (Wildman–Crippen LogP) is 2.76. The maximum Gasteiger partial charge on any atom is 0.228 e. The molecular formula is C25H26N4O4S. The molecule has 0 spiro atoms. The van der Waals surface area contributed by atoms with Crippen LogP contribution < -0.4 is 14.4 Å². The van der Waals surface area contributed by atoms with Crippen LogP contribution in [0, 0.1) is 5.92 Å². The van der Waals surface area contributed by atoms with Crippen LogP contribution in [0.5, 0.6) is 11.5 Å². The molecule has 0 unspecified atom stereocenters. The minimum absolute atomic E-state index is 0.0236. The van der Waals surface area contributed by atoms with Crippen LogP contribution in [0.15, 0.2) is 42.5 Å². The van der Waals surface area contributed by atoms with Crippen molar-refractivity contribution in [3.05, 3.63) is 47.5 Å². The topological polar surface area (TPSA) is 75.2 Å². The molecule has 6 rings (SSSR count). The SMILES string of the molecule is O=C([C@H]1CC(=O)N(c2ccc3c(c2)OCCO3)C1)N1CCN(Cc2nc3ccccc3s2)CC1. The second-order valence-electron chi connectivity index (χ2n) is 8.91. The lowest BCUT2D eigenvalue weighted by Crippen LogP contribution is -2.50. The molecular weight excluding hydrogens is 452 g/mol. The number of thiazole rings is 1. The highest BCUT2D eigenvalue weighted by Crippen LogP contribution is 2.36. The lowest BCUT2D eigenvalue weighted by atomic mass is 10.1. The number of aromatic nitrogens is 1. The fraction of sp³-hybridized carbons (Fsp3) is 0.400. The normalized spacial score (nSPS) is 20.8. The second kappa shape index (κ2) is 8.88. The van der Waals surface area contributed by atoms with Crippen molar-refractivity contribution < 1.29 is 19.1 Å². The zero-order chi connectivity index (χ0) is 23.1. The highest BCUT2D eigenvalue weighted by molar-refractivity contribution is 7.18. The van der Waals surface area contributed by atoms with Gasteiger partial charge in [0.2, 0.25) is 11.8 Å². The van der Waals surface area contributed by atoms with Gasteiger partial charge in [-0.3, -0.25) is 14.5 Å². The Morgan fingerprint density at radius 2 is 1.82 bits per heavy atom. The summed E-state index contributed by atoms with van der Waals surface area (Å²) in [4.78, 5) is 36.6. The van der Waals surface area contributed by atoms with E-state index in [-0.39, 0.29) is 24.2 Å². The summed E-state index contributed by atoms with van der Waals surface area (Å²) >= 11 is 1.73. The predicted molar refractivity (Wildman–Crippen MR) is 129 cm³/mol. The summed E-state index contributed by atoms with van der Waals surface area (Å²) in [5.41, 5.74) is 1.80. The number of piperazine rings is 1. The molecule has 2 amide bonds. The zero-order valence-electron chi connectivity index (χ0n) is 18.8. The minimum atomic E-state index is -0.309. The van der Waals surface area contributed by atoms with Gasteiger partial charge in [0.15, 0.2) is 11.5 Å². The number of amides is 2. The number of ether oxygens (including phenoxy) is 2. The Bertz CT molecular complexity index is 1200. The fourth-order valence-corrected chi connectivity index (χ4v) is 5.90. The van der Waals surface area contributed by atoms with E-state index < -0.39 is 0 Å². The first-order valence-corrected chi connectivity index (χ1v) is 12.5. The summed E-state index contributed by atoms with van der Waals surface area (Å²) in [5.74, 6) is 1.09. The zero-order valence-corrected chi connectivity index (χ0v) is 19.6. The molecule has 0 aliphatic carbocycles. The van der Waals surface area contributed by atoms with Gasteiger partial charge in [-0.25, -0.2) is 4.98 Å². The molecule has 1 atom stereocenters. The van der Waals surface area contributed by atoms with Crippen molar-refractivity contribution in [2.45, 2.75) is 13.0 Å². The summed E-state index contributed by atoms with van der Waals surface area (Å²) in [7, 11) is 0. The molecule has 3 aromatic rings. The molecule has 0 radical (unpaired) electrons. The number of nitrogens with zero attached hydrogens (tertiary/aromatic N) is 4. The van der Waals surface area contributed by atoms with E-state index in [1.807, 2.05) is 41.3 Å². The lowest BCUT2D eigenvalue weighted by molar-refractivity contribution is -0.137. The van der Waals surface area contributed by atoms with Crippen LogP contribution in [-0.2, 0) is 16.1 Å². The number of rotatable bonds is 4. The van der Waals surface area contributed by atoms with Crippen LogP contribution in [0.3, 0.4) is 0 Å². The molecule has 2 saturated heterocycles. The van der Waals surface area contributed by atoms with E-state index in [0.29, 0.717) is 44.3 Å². The average Bonchev–Trinajstić information content (AvgIpc) is 3.46. The molecule has 0 N–H and O–H groups in total. The van der Waals surface area contributed by atoms with E-state index in [1.165, 1.54) is 4.70 Å². The number of para-hydroxylation sites is 1. The van der Waals surface area contributed by atoms with E-state index in [1.54, 1.807) is 16.2 Å².